The molecular weight excluding hydrogens is 428 g/mol. The summed E-state index contributed by atoms with van der Waals surface area (Å²) >= 11 is 19.8. The fraction of sp³-hybridized carbons (Fsp3) is 0.250. The van der Waals surface area contributed by atoms with E-state index < -0.39 is 15.6 Å². The molecule has 0 aliphatic carbocycles. The van der Waals surface area contributed by atoms with E-state index in [-0.39, 0.29) is 13.2 Å². The van der Waals surface area contributed by atoms with Crippen LogP contribution in [0.1, 0.15) is 11.1 Å². The van der Waals surface area contributed by atoms with E-state index in [2.05, 4.69) is 16.3 Å². The molecule has 0 heterocycles. The van der Waals surface area contributed by atoms with Gasteiger partial charge in [0, 0.05) is 0 Å². The summed E-state index contributed by atoms with van der Waals surface area (Å²) in [7, 11) is -8.17. The van der Waals surface area contributed by atoms with Crippen LogP contribution in [0.15, 0.2) is 24.3 Å². The molecule has 1 rings (SSSR count). The Hall–Kier alpha value is 0.600. The van der Waals surface area contributed by atoms with Gasteiger partial charge in [0.05, 0.1) is 60.7 Å². The number of rotatable bonds is 10. The molecule has 0 radical (unpaired) electrons. The van der Waals surface area contributed by atoms with Crippen molar-refractivity contribution in [1.29, 1.82) is 0 Å². The largest absolute Gasteiger partial charge is 0.508 e. The molecule has 1 aromatic rings. The minimum Gasteiger partial charge on any atom is -0.280 e. The van der Waals surface area contributed by atoms with Gasteiger partial charge in [-0.3, -0.25) is 9.05 Å². The van der Waals surface area contributed by atoms with Gasteiger partial charge in [-0.15, -0.1) is 0 Å². The predicted molar refractivity (Wildman–Crippen MR) is 79.0 cm³/mol. The second-order valence-electron chi connectivity index (χ2n) is 3.49. The van der Waals surface area contributed by atoms with Crippen LogP contribution in [0.2, 0.25) is 0 Å². The first-order valence-corrected chi connectivity index (χ1v) is 9.35. The highest BCUT2D eigenvalue weighted by atomic mass is 35.5. The Morgan fingerprint density at radius 2 is 1.05 bits per heavy atom. The summed E-state index contributed by atoms with van der Waals surface area (Å²) < 4.78 is 48.8. The maximum atomic E-state index is 11.6. The zero-order valence-electron chi connectivity index (χ0n) is 10.4. The highest BCUT2D eigenvalue weighted by Crippen LogP contribution is 2.53. The minimum atomic E-state index is -4.09. The lowest BCUT2D eigenvalue weighted by atomic mass is 10.1. The number of halogens is 4. The van der Waals surface area contributed by atoms with E-state index in [4.69, 9.17) is 56.5 Å². The average Bonchev–Trinajstić information content (AvgIpc) is 2.58. The fourth-order valence-electron chi connectivity index (χ4n) is 1.24. The van der Waals surface area contributed by atoms with Gasteiger partial charge in [0.1, 0.15) is 0 Å². The molecule has 0 N–H and O–H groups in total. The van der Waals surface area contributed by atoms with Crippen LogP contribution in [-0.2, 0) is 47.7 Å². The molecule has 14 heteroatoms. The molecule has 0 amide bonds. The van der Waals surface area contributed by atoms with Gasteiger partial charge >= 0.3 is 15.6 Å². The molecule has 8 nitrogen and oxygen atoms in total. The van der Waals surface area contributed by atoms with Crippen molar-refractivity contribution in [2.75, 3.05) is 0 Å². The third-order valence-corrected chi connectivity index (χ3v) is 5.81. The summed E-state index contributed by atoms with van der Waals surface area (Å²) in [5.41, 5.74) is 0.946. The molecule has 22 heavy (non-hydrogen) atoms. The number of benzene rings is 1. The second-order valence-corrected chi connectivity index (χ2v) is 8.00. The fourth-order valence-corrected chi connectivity index (χ4v) is 3.02. The highest BCUT2D eigenvalue weighted by molar-refractivity contribution is 7.50. The van der Waals surface area contributed by atoms with Gasteiger partial charge < -0.3 is 0 Å². The molecular formula is C8H8Cl4O8P2. The zero-order valence-corrected chi connectivity index (χ0v) is 15.2. The highest BCUT2D eigenvalue weighted by Gasteiger charge is 2.29. The Labute approximate surface area is 146 Å². The minimum absolute atomic E-state index is 0.260. The average molecular weight is 436 g/mol. The van der Waals surface area contributed by atoms with Crippen LogP contribution in [0.5, 0.6) is 0 Å². The van der Waals surface area contributed by atoms with Crippen molar-refractivity contribution in [3.8, 4) is 0 Å². The first kappa shape index (κ1) is 20.6. The van der Waals surface area contributed by atoms with Gasteiger partial charge in [0.2, 0.25) is 0 Å². The van der Waals surface area contributed by atoms with Crippen molar-refractivity contribution in [1.82, 2.24) is 0 Å². The standard InChI is InChI=1S/C8H8Cl4O8P2/c9-17-21(13,18-10)15-5-7-3-1-2-4-8(7)6-16-22(14,19-11)20-12/h1-4H,5-6H2. The lowest BCUT2D eigenvalue weighted by Crippen LogP contribution is -2.00. The van der Waals surface area contributed by atoms with Gasteiger partial charge in [-0.1, -0.05) is 24.3 Å². The molecule has 1 aromatic carbocycles. The molecule has 0 unspecified atom stereocenters. The second kappa shape index (κ2) is 9.79. The number of hydrogen-bond donors (Lipinski definition) is 0. The summed E-state index contributed by atoms with van der Waals surface area (Å²) in [6.45, 7) is -0.520. The maximum absolute atomic E-state index is 11.6. The summed E-state index contributed by atoms with van der Waals surface area (Å²) in [6.07, 6.45) is 0. The molecule has 0 fully saturated rings. The lowest BCUT2D eigenvalue weighted by molar-refractivity contribution is 0.198. The van der Waals surface area contributed by atoms with Crippen molar-refractivity contribution in [3.63, 3.8) is 0 Å². The predicted octanol–water partition coefficient (Wildman–Crippen LogP) is 5.62. The molecule has 0 aliphatic heterocycles. The first-order chi connectivity index (χ1) is 10.4. The first-order valence-electron chi connectivity index (χ1n) is 5.19. The van der Waals surface area contributed by atoms with E-state index in [1.165, 1.54) is 0 Å². The summed E-state index contributed by atoms with van der Waals surface area (Å²) in [5.74, 6) is 0. The normalized spacial score (nSPS) is 12.5. The van der Waals surface area contributed by atoms with Gasteiger partial charge in [-0.05, 0) is 11.1 Å². The van der Waals surface area contributed by atoms with Crippen molar-refractivity contribution >= 4 is 63.1 Å². The van der Waals surface area contributed by atoms with Crippen molar-refractivity contribution in [2.24, 2.45) is 0 Å². The van der Waals surface area contributed by atoms with Crippen LogP contribution in [-0.4, -0.2) is 0 Å². The third-order valence-electron chi connectivity index (χ3n) is 2.21. The number of hydrogen-bond acceptors (Lipinski definition) is 8. The molecule has 0 bridgehead atoms. The van der Waals surface area contributed by atoms with E-state index in [0.29, 0.717) is 11.1 Å². The van der Waals surface area contributed by atoms with Gasteiger partial charge in [-0.25, -0.2) is 9.13 Å². The Kier molecular flexibility index (Phi) is 9.19. The molecule has 0 aromatic heterocycles. The Balaban J connectivity index is 2.78. The van der Waals surface area contributed by atoms with Gasteiger partial charge in [0.15, 0.2) is 0 Å². The van der Waals surface area contributed by atoms with Crippen LogP contribution in [0, 0.1) is 0 Å². The summed E-state index contributed by atoms with van der Waals surface area (Å²) in [5, 5.41) is 0. The quantitative estimate of drug-likeness (QED) is 0.437. The van der Waals surface area contributed by atoms with Crippen LogP contribution in [0.4, 0.5) is 0 Å². The summed E-state index contributed by atoms with van der Waals surface area (Å²) in [4.78, 5) is 0. The third kappa shape index (κ3) is 6.24. The van der Waals surface area contributed by atoms with Crippen molar-refractivity contribution in [3.05, 3.63) is 35.4 Å². The smallest absolute Gasteiger partial charge is 0.280 e. The molecule has 126 valence electrons. The SMILES string of the molecule is O=P(OCl)(OCl)OCc1ccccc1COP(=O)(OCl)OCl. The van der Waals surface area contributed by atoms with Crippen LogP contribution < -0.4 is 0 Å². The molecule has 0 atom stereocenters. The van der Waals surface area contributed by atoms with E-state index >= 15 is 0 Å². The van der Waals surface area contributed by atoms with E-state index in [1.54, 1.807) is 24.3 Å². The Morgan fingerprint density at radius 3 is 1.32 bits per heavy atom. The lowest BCUT2D eigenvalue weighted by Gasteiger charge is -2.14. The van der Waals surface area contributed by atoms with E-state index in [0.717, 1.165) is 0 Å². The van der Waals surface area contributed by atoms with Crippen LogP contribution in [0.3, 0.4) is 0 Å². The van der Waals surface area contributed by atoms with Gasteiger partial charge in [-0.2, -0.15) is 16.3 Å². The van der Waals surface area contributed by atoms with Gasteiger partial charge in [0.25, 0.3) is 0 Å². The topological polar surface area (TPSA) is 89.5 Å². The number of phosphoric acid groups is 2. The van der Waals surface area contributed by atoms with E-state index in [9.17, 15) is 9.13 Å². The Bertz CT molecular complexity index is 508. The maximum Gasteiger partial charge on any atom is 0.508 e. The molecule has 0 aliphatic rings. The van der Waals surface area contributed by atoms with E-state index in [1.807, 2.05) is 0 Å². The van der Waals surface area contributed by atoms with Crippen LogP contribution in [0.25, 0.3) is 0 Å². The van der Waals surface area contributed by atoms with Crippen molar-refractivity contribution in [2.45, 2.75) is 13.2 Å². The molecule has 0 spiro atoms. The molecule has 0 saturated heterocycles. The monoisotopic (exact) mass is 434 g/mol. The summed E-state index contributed by atoms with van der Waals surface area (Å²) in [6, 6.07) is 6.51. The van der Waals surface area contributed by atoms with Crippen molar-refractivity contribution < 1.29 is 34.5 Å². The Morgan fingerprint density at radius 1 is 0.727 bits per heavy atom. The molecule has 0 saturated carbocycles. The zero-order chi connectivity index (χ0) is 16.6. The van der Waals surface area contributed by atoms with Crippen LogP contribution >= 0.6 is 63.1 Å².